The van der Waals surface area contributed by atoms with Crippen molar-refractivity contribution in [1.29, 1.82) is 0 Å². The van der Waals surface area contributed by atoms with Gasteiger partial charge in [0.25, 0.3) is 0 Å². The molecule has 0 saturated heterocycles. The van der Waals surface area contributed by atoms with Crippen molar-refractivity contribution in [1.82, 2.24) is 10.3 Å². The van der Waals surface area contributed by atoms with Crippen LogP contribution in [0, 0.1) is 6.92 Å². The zero-order valence-corrected chi connectivity index (χ0v) is 13.0. The summed E-state index contributed by atoms with van der Waals surface area (Å²) >= 11 is 0. The van der Waals surface area contributed by atoms with Crippen LogP contribution < -0.4 is 5.32 Å². The lowest BCUT2D eigenvalue weighted by atomic mass is 10.1. The molecule has 2 heterocycles. The van der Waals surface area contributed by atoms with E-state index in [-0.39, 0.29) is 5.91 Å². The summed E-state index contributed by atoms with van der Waals surface area (Å²) in [6.45, 7) is 2.50. The van der Waals surface area contributed by atoms with Crippen molar-refractivity contribution in [3.05, 3.63) is 77.7 Å². The second-order valence-corrected chi connectivity index (χ2v) is 5.47. The Bertz CT molecular complexity index is 795. The summed E-state index contributed by atoms with van der Waals surface area (Å²) in [4.78, 5) is 16.3. The molecule has 1 amide bonds. The molecule has 4 nitrogen and oxygen atoms in total. The van der Waals surface area contributed by atoms with Crippen molar-refractivity contribution in [2.45, 2.75) is 19.9 Å². The van der Waals surface area contributed by atoms with E-state index in [1.807, 2.05) is 55.5 Å². The van der Waals surface area contributed by atoms with E-state index in [1.165, 1.54) is 0 Å². The second-order valence-electron chi connectivity index (χ2n) is 5.47. The van der Waals surface area contributed by atoms with Gasteiger partial charge in [-0.2, -0.15) is 0 Å². The van der Waals surface area contributed by atoms with Crippen LogP contribution in [0.25, 0.3) is 11.5 Å². The van der Waals surface area contributed by atoms with Gasteiger partial charge in [-0.3, -0.25) is 9.78 Å². The van der Waals surface area contributed by atoms with Crippen molar-refractivity contribution in [2.24, 2.45) is 0 Å². The molecule has 0 spiro atoms. The first-order chi connectivity index (χ1) is 11.2. The predicted octanol–water partition coefficient (Wildman–Crippen LogP) is 3.51. The van der Waals surface area contributed by atoms with Gasteiger partial charge in [-0.25, -0.2) is 0 Å². The van der Waals surface area contributed by atoms with E-state index in [0.29, 0.717) is 13.0 Å². The molecule has 2 aromatic heterocycles. The van der Waals surface area contributed by atoms with E-state index in [9.17, 15) is 4.79 Å². The average molecular weight is 306 g/mol. The largest absolute Gasteiger partial charge is 0.463 e. The molecule has 3 rings (SSSR count). The number of benzene rings is 1. The molecule has 116 valence electrons. The van der Waals surface area contributed by atoms with Gasteiger partial charge in [0.05, 0.1) is 12.7 Å². The number of amides is 1. The molecule has 0 aliphatic heterocycles. The zero-order chi connectivity index (χ0) is 16.1. The fourth-order valence-corrected chi connectivity index (χ4v) is 2.41. The normalized spacial score (nSPS) is 10.5. The van der Waals surface area contributed by atoms with Gasteiger partial charge in [-0.15, -0.1) is 0 Å². The van der Waals surface area contributed by atoms with Gasteiger partial charge in [0.1, 0.15) is 5.69 Å². The summed E-state index contributed by atoms with van der Waals surface area (Å²) in [7, 11) is 0. The van der Waals surface area contributed by atoms with Crippen LogP contribution in [0.1, 0.15) is 16.7 Å². The third-order valence-corrected chi connectivity index (χ3v) is 3.53. The highest BCUT2D eigenvalue weighted by atomic mass is 16.3. The molecule has 0 fully saturated rings. The maximum absolute atomic E-state index is 12.1. The van der Waals surface area contributed by atoms with Gasteiger partial charge < -0.3 is 9.73 Å². The number of aromatic nitrogens is 1. The summed E-state index contributed by atoms with van der Waals surface area (Å²) in [6.07, 6.45) is 3.73. The Balaban J connectivity index is 1.60. The number of carbonyl (C=O) groups excluding carboxylic acids is 1. The molecular weight excluding hydrogens is 288 g/mol. The second kappa shape index (κ2) is 6.92. The van der Waals surface area contributed by atoms with Gasteiger partial charge in [0.15, 0.2) is 5.76 Å². The highest BCUT2D eigenvalue weighted by Crippen LogP contribution is 2.18. The lowest BCUT2D eigenvalue weighted by Crippen LogP contribution is -2.24. The zero-order valence-electron chi connectivity index (χ0n) is 13.0. The van der Waals surface area contributed by atoms with E-state index >= 15 is 0 Å². The molecule has 0 unspecified atom stereocenters. The first-order valence-corrected chi connectivity index (χ1v) is 7.52. The van der Waals surface area contributed by atoms with E-state index < -0.39 is 0 Å². The minimum Gasteiger partial charge on any atom is -0.463 e. The third kappa shape index (κ3) is 4.07. The molecule has 0 bridgehead atoms. The maximum atomic E-state index is 12.1. The van der Waals surface area contributed by atoms with Crippen LogP contribution in [0.15, 0.2) is 65.4 Å². The molecule has 1 N–H and O–H groups in total. The number of hydrogen-bond donors (Lipinski definition) is 1. The highest BCUT2D eigenvalue weighted by Gasteiger charge is 2.06. The van der Waals surface area contributed by atoms with Crippen molar-refractivity contribution in [3.63, 3.8) is 0 Å². The van der Waals surface area contributed by atoms with Gasteiger partial charge in [0, 0.05) is 12.7 Å². The van der Waals surface area contributed by atoms with Gasteiger partial charge in [-0.05, 0) is 42.3 Å². The van der Waals surface area contributed by atoms with Crippen LogP contribution in [0.3, 0.4) is 0 Å². The summed E-state index contributed by atoms with van der Waals surface area (Å²) in [6, 6.07) is 15.5. The van der Waals surface area contributed by atoms with Crippen LogP contribution in [0.5, 0.6) is 0 Å². The van der Waals surface area contributed by atoms with Crippen LogP contribution in [0.2, 0.25) is 0 Å². The van der Waals surface area contributed by atoms with Crippen molar-refractivity contribution < 1.29 is 9.21 Å². The average Bonchev–Trinajstić information content (AvgIpc) is 3.08. The quantitative estimate of drug-likeness (QED) is 0.785. The monoisotopic (exact) mass is 306 g/mol. The Morgan fingerprint density at radius 1 is 1.13 bits per heavy atom. The fourth-order valence-electron chi connectivity index (χ4n) is 2.41. The third-order valence-electron chi connectivity index (χ3n) is 3.53. The first kappa shape index (κ1) is 15.0. The molecule has 3 aromatic rings. The van der Waals surface area contributed by atoms with Gasteiger partial charge in [-0.1, -0.05) is 29.8 Å². The number of nitrogens with one attached hydrogen (secondary N) is 1. The summed E-state index contributed by atoms with van der Waals surface area (Å²) < 4.78 is 5.34. The van der Waals surface area contributed by atoms with Crippen LogP contribution in [0.4, 0.5) is 0 Å². The van der Waals surface area contributed by atoms with Gasteiger partial charge in [0.2, 0.25) is 5.91 Å². The Kier molecular flexibility index (Phi) is 4.52. The summed E-state index contributed by atoms with van der Waals surface area (Å²) in [5.74, 6) is 0.727. The Hall–Kier alpha value is -2.88. The molecular formula is C19H18N2O2. The molecule has 0 radical (unpaired) electrons. The molecule has 0 aliphatic carbocycles. The predicted molar refractivity (Wildman–Crippen MR) is 88.7 cm³/mol. The summed E-state index contributed by atoms with van der Waals surface area (Å²) in [5, 5.41) is 2.94. The van der Waals surface area contributed by atoms with Crippen LogP contribution in [-0.2, 0) is 17.8 Å². The van der Waals surface area contributed by atoms with Crippen LogP contribution >= 0.6 is 0 Å². The van der Waals surface area contributed by atoms with Gasteiger partial charge >= 0.3 is 0 Å². The highest BCUT2D eigenvalue weighted by molar-refractivity contribution is 5.78. The molecule has 23 heavy (non-hydrogen) atoms. The van der Waals surface area contributed by atoms with Crippen molar-refractivity contribution in [3.8, 4) is 11.5 Å². The number of hydrogen-bond acceptors (Lipinski definition) is 3. The topological polar surface area (TPSA) is 55.1 Å². The number of carbonyl (C=O) groups is 1. The SMILES string of the molecule is Cc1cccc(CC(=O)NCc2ccnc(-c3ccco3)c2)c1. The molecule has 0 saturated carbocycles. The van der Waals surface area contributed by atoms with Crippen LogP contribution in [-0.4, -0.2) is 10.9 Å². The standard InChI is InChI=1S/C19H18N2O2/c1-14-4-2-5-15(10-14)12-19(22)21-13-16-7-8-20-17(11-16)18-6-3-9-23-18/h2-11H,12-13H2,1H3,(H,21,22). The Morgan fingerprint density at radius 3 is 2.83 bits per heavy atom. The Labute approximate surface area is 135 Å². The minimum absolute atomic E-state index is 0.00645. The lowest BCUT2D eigenvalue weighted by Gasteiger charge is -2.07. The number of furan rings is 1. The minimum atomic E-state index is 0.00645. The van der Waals surface area contributed by atoms with Crippen molar-refractivity contribution in [2.75, 3.05) is 0 Å². The number of pyridine rings is 1. The first-order valence-electron chi connectivity index (χ1n) is 7.52. The number of rotatable bonds is 5. The molecule has 1 aromatic carbocycles. The van der Waals surface area contributed by atoms with E-state index in [4.69, 9.17) is 4.42 Å². The molecule has 4 heteroatoms. The van der Waals surface area contributed by atoms with E-state index in [0.717, 1.165) is 28.1 Å². The number of aryl methyl sites for hydroxylation is 1. The summed E-state index contributed by atoms with van der Waals surface area (Å²) in [5.41, 5.74) is 3.94. The van der Waals surface area contributed by atoms with Crippen molar-refractivity contribution >= 4 is 5.91 Å². The molecule has 0 aliphatic rings. The fraction of sp³-hybridized carbons (Fsp3) is 0.158. The van der Waals surface area contributed by atoms with E-state index in [2.05, 4.69) is 10.3 Å². The maximum Gasteiger partial charge on any atom is 0.224 e. The van der Waals surface area contributed by atoms with E-state index in [1.54, 1.807) is 12.5 Å². The smallest absolute Gasteiger partial charge is 0.224 e. The lowest BCUT2D eigenvalue weighted by molar-refractivity contribution is -0.120. The number of nitrogens with zero attached hydrogens (tertiary/aromatic N) is 1. The molecule has 0 atom stereocenters. The Morgan fingerprint density at radius 2 is 2.04 bits per heavy atom.